The Labute approximate surface area is 161 Å². The number of benzene rings is 2. The van der Waals surface area contributed by atoms with E-state index in [1.165, 1.54) is 24.5 Å². The third-order valence-electron chi connectivity index (χ3n) is 4.03. The first-order valence-corrected chi connectivity index (χ1v) is 8.77. The topological polar surface area (TPSA) is 66.9 Å². The number of hydrogen-bond acceptors (Lipinski definition) is 4. The van der Waals surface area contributed by atoms with Crippen LogP contribution in [-0.2, 0) is 6.42 Å². The molecule has 0 atom stereocenters. The Morgan fingerprint density at radius 1 is 1.11 bits per heavy atom. The van der Waals surface area contributed by atoms with E-state index in [-0.39, 0.29) is 17.4 Å². The van der Waals surface area contributed by atoms with Crippen molar-refractivity contribution in [1.82, 2.24) is 15.3 Å². The minimum Gasteiger partial charge on any atom is -0.350 e. The lowest BCUT2D eigenvalue weighted by molar-refractivity contribution is 0.0949. The van der Waals surface area contributed by atoms with Crippen LogP contribution in [-0.4, -0.2) is 22.4 Å². The number of amides is 1. The Bertz CT molecular complexity index is 930. The SMILES string of the molecule is Cc1c(Cl)cccc1Nc1cnc(C(=O)NCCc2ccc(F)cc2)cn1. The van der Waals surface area contributed by atoms with E-state index in [0.29, 0.717) is 23.8 Å². The van der Waals surface area contributed by atoms with Crippen LogP contribution in [0.5, 0.6) is 0 Å². The molecule has 7 heteroatoms. The molecule has 1 heterocycles. The summed E-state index contributed by atoms with van der Waals surface area (Å²) in [4.78, 5) is 20.5. The number of rotatable bonds is 6. The first-order chi connectivity index (χ1) is 13.0. The molecule has 2 N–H and O–H groups in total. The summed E-state index contributed by atoms with van der Waals surface area (Å²) in [5.41, 5.74) is 2.90. The van der Waals surface area contributed by atoms with Gasteiger partial charge in [0.1, 0.15) is 17.3 Å². The predicted molar refractivity (Wildman–Crippen MR) is 104 cm³/mol. The van der Waals surface area contributed by atoms with Crippen molar-refractivity contribution >= 4 is 29.0 Å². The Balaban J connectivity index is 1.55. The van der Waals surface area contributed by atoms with Gasteiger partial charge in [0.2, 0.25) is 0 Å². The van der Waals surface area contributed by atoms with Crippen LogP contribution >= 0.6 is 11.6 Å². The minimum absolute atomic E-state index is 0.225. The number of anilines is 2. The van der Waals surface area contributed by atoms with Crippen LogP contribution in [0.2, 0.25) is 5.02 Å². The van der Waals surface area contributed by atoms with Crippen molar-refractivity contribution in [2.24, 2.45) is 0 Å². The summed E-state index contributed by atoms with van der Waals surface area (Å²) in [6.45, 7) is 2.33. The average molecular weight is 385 g/mol. The van der Waals surface area contributed by atoms with Crippen LogP contribution in [0.3, 0.4) is 0 Å². The zero-order valence-corrected chi connectivity index (χ0v) is 15.4. The van der Waals surface area contributed by atoms with Gasteiger partial charge in [-0.15, -0.1) is 0 Å². The van der Waals surface area contributed by atoms with Gasteiger partial charge < -0.3 is 10.6 Å². The Morgan fingerprint density at radius 3 is 2.59 bits per heavy atom. The standard InChI is InChI=1S/C20H18ClFN4O/c1-13-16(21)3-2-4-17(13)26-19-12-24-18(11-25-19)20(27)23-10-9-14-5-7-15(22)8-6-14/h2-8,11-12H,9-10H2,1H3,(H,23,27)(H,25,26). The molecule has 138 valence electrons. The molecular weight excluding hydrogens is 367 g/mol. The van der Waals surface area contributed by atoms with Gasteiger partial charge in [-0.2, -0.15) is 0 Å². The first kappa shape index (κ1) is 18.8. The van der Waals surface area contributed by atoms with Crippen LogP contribution in [0.15, 0.2) is 54.9 Å². The van der Waals surface area contributed by atoms with Crippen molar-refractivity contribution in [3.8, 4) is 0 Å². The molecule has 0 aliphatic carbocycles. The zero-order valence-electron chi connectivity index (χ0n) is 14.7. The van der Waals surface area contributed by atoms with E-state index in [9.17, 15) is 9.18 Å². The molecule has 1 amide bonds. The summed E-state index contributed by atoms with van der Waals surface area (Å²) in [6.07, 6.45) is 3.51. The molecule has 27 heavy (non-hydrogen) atoms. The highest BCUT2D eigenvalue weighted by Crippen LogP contribution is 2.25. The minimum atomic E-state index is -0.310. The monoisotopic (exact) mass is 384 g/mol. The lowest BCUT2D eigenvalue weighted by atomic mass is 10.1. The van der Waals surface area contributed by atoms with E-state index in [1.54, 1.807) is 12.1 Å². The van der Waals surface area contributed by atoms with Crippen molar-refractivity contribution in [3.05, 3.63) is 82.5 Å². The number of halogens is 2. The van der Waals surface area contributed by atoms with E-state index < -0.39 is 0 Å². The highest BCUT2D eigenvalue weighted by atomic mass is 35.5. The number of carbonyl (C=O) groups excluding carboxylic acids is 1. The maximum Gasteiger partial charge on any atom is 0.271 e. The highest BCUT2D eigenvalue weighted by molar-refractivity contribution is 6.31. The van der Waals surface area contributed by atoms with Crippen molar-refractivity contribution in [2.45, 2.75) is 13.3 Å². The normalized spacial score (nSPS) is 10.5. The van der Waals surface area contributed by atoms with Crippen molar-refractivity contribution in [1.29, 1.82) is 0 Å². The van der Waals surface area contributed by atoms with Gasteiger partial charge >= 0.3 is 0 Å². The number of hydrogen-bond donors (Lipinski definition) is 2. The fourth-order valence-electron chi connectivity index (χ4n) is 2.45. The summed E-state index contributed by atoms with van der Waals surface area (Å²) >= 11 is 6.10. The average Bonchev–Trinajstić information content (AvgIpc) is 2.67. The molecule has 5 nitrogen and oxygen atoms in total. The highest BCUT2D eigenvalue weighted by Gasteiger charge is 2.09. The smallest absolute Gasteiger partial charge is 0.271 e. The Kier molecular flexibility index (Phi) is 5.98. The molecule has 0 radical (unpaired) electrons. The summed E-state index contributed by atoms with van der Waals surface area (Å²) in [6, 6.07) is 11.7. The molecular formula is C20H18ClFN4O. The quantitative estimate of drug-likeness (QED) is 0.665. The van der Waals surface area contributed by atoms with Gasteiger partial charge in [-0.1, -0.05) is 29.8 Å². The second-order valence-electron chi connectivity index (χ2n) is 5.96. The molecule has 0 aliphatic heterocycles. The van der Waals surface area contributed by atoms with E-state index in [4.69, 9.17) is 11.6 Å². The fraction of sp³-hybridized carbons (Fsp3) is 0.150. The maximum atomic E-state index is 12.9. The van der Waals surface area contributed by atoms with Gasteiger partial charge in [0.05, 0.1) is 12.4 Å². The summed E-state index contributed by atoms with van der Waals surface area (Å²) in [5.74, 6) is -0.0712. The number of carbonyl (C=O) groups is 1. The molecule has 3 rings (SSSR count). The molecule has 2 aromatic carbocycles. The van der Waals surface area contributed by atoms with Crippen LogP contribution in [0, 0.1) is 12.7 Å². The molecule has 0 spiro atoms. The Hall–Kier alpha value is -2.99. The van der Waals surface area contributed by atoms with E-state index >= 15 is 0 Å². The van der Waals surface area contributed by atoms with Gasteiger partial charge in [-0.25, -0.2) is 14.4 Å². The molecule has 0 unspecified atom stereocenters. The summed E-state index contributed by atoms with van der Waals surface area (Å²) < 4.78 is 12.9. The largest absolute Gasteiger partial charge is 0.350 e. The number of nitrogens with zero attached hydrogens (tertiary/aromatic N) is 2. The summed E-state index contributed by atoms with van der Waals surface area (Å²) in [5, 5.41) is 6.56. The van der Waals surface area contributed by atoms with Crippen LogP contribution < -0.4 is 10.6 Å². The lowest BCUT2D eigenvalue weighted by Gasteiger charge is -2.10. The molecule has 1 aromatic heterocycles. The van der Waals surface area contributed by atoms with Crippen LogP contribution in [0.25, 0.3) is 0 Å². The molecule has 0 fully saturated rings. The van der Waals surface area contributed by atoms with E-state index in [2.05, 4.69) is 20.6 Å². The lowest BCUT2D eigenvalue weighted by Crippen LogP contribution is -2.26. The van der Waals surface area contributed by atoms with Gasteiger partial charge in [-0.3, -0.25) is 4.79 Å². The van der Waals surface area contributed by atoms with Gasteiger partial charge in [0, 0.05) is 17.3 Å². The molecule has 0 saturated carbocycles. The molecule has 0 bridgehead atoms. The zero-order chi connectivity index (χ0) is 19.2. The molecule has 0 saturated heterocycles. The third-order valence-corrected chi connectivity index (χ3v) is 4.44. The van der Waals surface area contributed by atoms with Crippen LogP contribution in [0.4, 0.5) is 15.9 Å². The molecule has 0 aliphatic rings. The fourth-order valence-corrected chi connectivity index (χ4v) is 2.63. The number of aromatic nitrogens is 2. The number of nitrogens with one attached hydrogen (secondary N) is 2. The van der Waals surface area contributed by atoms with Crippen molar-refractivity contribution < 1.29 is 9.18 Å². The maximum absolute atomic E-state index is 12.9. The Morgan fingerprint density at radius 2 is 1.89 bits per heavy atom. The van der Waals surface area contributed by atoms with Crippen molar-refractivity contribution in [2.75, 3.05) is 11.9 Å². The third kappa shape index (κ3) is 5.01. The second-order valence-corrected chi connectivity index (χ2v) is 6.36. The second kappa shape index (κ2) is 8.60. The van der Waals surface area contributed by atoms with Gasteiger partial charge in [0.25, 0.3) is 5.91 Å². The van der Waals surface area contributed by atoms with E-state index in [1.807, 2.05) is 25.1 Å². The van der Waals surface area contributed by atoms with Gasteiger partial charge in [-0.05, 0) is 48.7 Å². The first-order valence-electron chi connectivity index (χ1n) is 8.40. The summed E-state index contributed by atoms with van der Waals surface area (Å²) in [7, 11) is 0. The van der Waals surface area contributed by atoms with Crippen LogP contribution in [0.1, 0.15) is 21.6 Å². The van der Waals surface area contributed by atoms with Crippen molar-refractivity contribution in [3.63, 3.8) is 0 Å². The predicted octanol–water partition coefficient (Wildman–Crippen LogP) is 4.29. The molecule has 3 aromatic rings. The van der Waals surface area contributed by atoms with Gasteiger partial charge in [0.15, 0.2) is 0 Å². The van der Waals surface area contributed by atoms with E-state index in [0.717, 1.165) is 16.8 Å².